The van der Waals surface area contributed by atoms with Crippen molar-refractivity contribution in [2.75, 3.05) is 18.2 Å². The Morgan fingerprint density at radius 3 is 2.75 bits per heavy atom. The number of aryl methyl sites for hydroxylation is 1. The standard InChI is InChI=1S/C15H15FN2O2/c1-9-4-3-5-11(14(9)16)15(19)18-13-8-10(20-2)6-7-12(13)17/h3-8H,17H2,1-2H3,(H,18,19). The summed E-state index contributed by atoms with van der Waals surface area (Å²) in [5.41, 5.74) is 6.93. The van der Waals surface area contributed by atoms with Gasteiger partial charge in [-0.1, -0.05) is 12.1 Å². The topological polar surface area (TPSA) is 64.3 Å². The number of methoxy groups -OCH3 is 1. The number of benzene rings is 2. The number of ether oxygens (including phenoxy) is 1. The summed E-state index contributed by atoms with van der Waals surface area (Å²) in [5, 5.41) is 2.59. The van der Waals surface area contributed by atoms with Crippen molar-refractivity contribution in [3.8, 4) is 5.75 Å². The molecule has 0 spiro atoms. The molecule has 0 aliphatic rings. The van der Waals surface area contributed by atoms with Crippen molar-refractivity contribution in [3.05, 3.63) is 53.3 Å². The Hall–Kier alpha value is -2.56. The van der Waals surface area contributed by atoms with Crippen LogP contribution in [0.3, 0.4) is 0 Å². The first-order valence-corrected chi connectivity index (χ1v) is 6.03. The molecule has 0 heterocycles. The highest BCUT2D eigenvalue weighted by atomic mass is 19.1. The van der Waals surface area contributed by atoms with Gasteiger partial charge in [0, 0.05) is 6.07 Å². The van der Waals surface area contributed by atoms with Crippen molar-refractivity contribution >= 4 is 17.3 Å². The van der Waals surface area contributed by atoms with E-state index in [1.165, 1.54) is 13.2 Å². The molecule has 2 aromatic rings. The van der Waals surface area contributed by atoms with E-state index in [2.05, 4.69) is 5.32 Å². The number of nitrogens with two attached hydrogens (primary N) is 1. The SMILES string of the molecule is COc1ccc(N)c(NC(=O)c2cccc(C)c2F)c1. The van der Waals surface area contributed by atoms with Crippen LogP contribution in [0.5, 0.6) is 5.75 Å². The van der Waals surface area contributed by atoms with Gasteiger partial charge in [-0.3, -0.25) is 4.79 Å². The van der Waals surface area contributed by atoms with Crippen LogP contribution in [0.25, 0.3) is 0 Å². The zero-order chi connectivity index (χ0) is 14.7. The zero-order valence-corrected chi connectivity index (χ0v) is 11.2. The zero-order valence-electron chi connectivity index (χ0n) is 11.2. The number of anilines is 2. The fraction of sp³-hybridized carbons (Fsp3) is 0.133. The monoisotopic (exact) mass is 274 g/mol. The lowest BCUT2D eigenvalue weighted by molar-refractivity contribution is 0.102. The molecule has 0 aromatic heterocycles. The summed E-state index contributed by atoms with van der Waals surface area (Å²) in [4.78, 5) is 12.1. The van der Waals surface area contributed by atoms with Crippen LogP contribution in [0, 0.1) is 12.7 Å². The molecular formula is C15H15FN2O2. The van der Waals surface area contributed by atoms with Crippen molar-refractivity contribution in [3.63, 3.8) is 0 Å². The van der Waals surface area contributed by atoms with Crippen molar-refractivity contribution in [1.82, 2.24) is 0 Å². The summed E-state index contributed by atoms with van der Waals surface area (Å²) in [6.45, 7) is 1.60. The number of amides is 1. The molecule has 0 fully saturated rings. The van der Waals surface area contributed by atoms with Crippen LogP contribution in [0.15, 0.2) is 36.4 Å². The van der Waals surface area contributed by atoms with E-state index in [0.717, 1.165) is 0 Å². The summed E-state index contributed by atoms with van der Waals surface area (Å²) in [7, 11) is 1.51. The second-order valence-electron chi connectivity index (χ2n) is 4.34. The van der Waals surface area contributed by atoms with Gasteiger partial charge in [0.05, 0.1) is 24.0 Å². The van der Waals surface area contributed by atoms with Crippen molar-refractivity contribution in [2.45, 2.75) is 6.92 Å². The Morgan fingerprint density at radius 2 is 2.05 bits per heavy atom. The van der Waals surface area contributed by atoms with Crippen LogP contribution < -0.4 is 15.8 Å². The summed E-state index contributed by atoms with van der Waals surface area (Å²) < 4.78 is 18.9. The van der Waals surface area contributed by atoms with Gasteiger partial charge < -0.3 is 15.8 Å². The first-order valence-electron chi connectivity index (χ1n) is 6.03. The number of carbonyl (C=O) groups excluding carboxylic acids is 1. The van der Waals surface area contributed by atoms with Crippen LogP contribution in [0.4, 0.5) is 15.8 Å². The summed E-state index contributed by atoms with van der Waals surface area (Å²) in [6, 6.07) is 9.53. The molecule has 20 heavy (non-hydrogen) atoms. The Balaban J connectivity index is 2.30. The quantitative estimate of drug-likeness (QED) is 0.846. The van der Waals surface area contributed by atoms with Crippen molar-refractivity contribution in [2.24, 2.45) is 0 Å². The molecule has 0 bridgehead atoms. The van der Waals surface area contributed by atoms with E-state index in [4.69, 9.17) is 10.5 Å². The predicted octanol–water partition coefficient (Wildman–Crippen LogP) is 2.98. The Kier molecular flexibility index (Phi) is 3.89. The molecule has 0 radical (unpaired) electrons. The average molecular weight is 274 g/mol. The highest BCUT2D eigenvalue weighted by Gasteiger charge is 2.14. The van der Waals surface area contributed by atoms with Gasteiger partial charge in [-0.15, -0.1) is 0 Å². The van der Waals surface area contributed by atoms with Gasteiger partial charge in [0.25, 0.3) is 5.91 Å². The number of halogens is 1. The summed E-state index contributed by atoms with van der Waals surface area (Å²) in [6.07, 6.45) is 0. The van der Waals surface area contributed by atoms with Crippen LogP contribution in [-0.2, 0) is 0 Å². The molecule has 0 unspecified atom stereocenters. The molecule has 0 aliphatic carbocycles. The maximum Gasteiger partial charge on any atom is 0.258 e. The van der Waals surface area contributed by atoms with Gasteiger partial charge in [-0.05, 0) is 30.7 Å². The third kappa shape index (κ3) is 2.71. The molecule has 0 aliphatic heterocycles. The minimum atomic E-state index is -0.550. The molecule has 2 aromatic carbocycles. The third-order valence-corrected chi connectivity index (χ3v) is 2.95. The number of nitrogens with one attached hydrogen (secondary N) is 1. The highest BCUT2D eigenvalue weighted by molar-refractivity contribution is 6.06. The number of nitrogen functional groups attached to an aromatic ring is 1. The fourth-order valence-electron chi connectivity index (χ4n) is 1.78. The van der Waals surface area contributed by atoms with Crippen molar-refractivity contribution < 1.29 is 13.9 Å². The second kappa shape index (κ2) is 5.61. The van der Waals surface area contributed by atoms with E-state index < -0.39 is 11.7 Å². The third-order valence-electron chi connectivity index (χ3n) is 2.95. The first kappa shape index (κ1) is 13.9. The molecule has 0 atom stereocenters. The van der Waals surface area contributed by atoms with E-state index in [-0.39, 0.29) is 5.56 Å². The summed E-state index contributed by atoms with van der Waals surface area (Å²) in [5.74, 6) is -0.531. The van der Waals surface area contributed by atoms with Gasteiger partial charge in [0.2, 0.25) is 0 Å². The van der Waals surface area contributed by atoms with E-state index >= 15 is 0 Å². The second-order valence-corrected chi connectivity index (χ2v) is 4.34. The van der Waals surface area contributed by atoms with Crippen LogP contribution in [0.2, 0.25) is 0 Å². The molecule has 104 valence electrons. The molecular weight excluding hydrogens is 259 g/mol. The fourth-order valence-corrected chi connectivity index (χ4v) is 1.78. The minimum Gasteiger partial charge on any atom is -0.497 e. The minimum absolute atomic E-state index is 0.0211. The number of hydrogen-bond acceptors (Lipinski definition) is 3. The molecule has 2 rings (SSSR count). The molecule has 5 heteroatoms. The maximum absolute atomic E-state index is 13.9. The van der Waals surface area contributed by atoms with E-state index in [9.17, 15) is 9.18 Å². The predicted molar refractivity (Wildman–Crippen MR) is 76.5 cm³/mol. The van der Waals surface area contributed by atoms with Crippen molar-refractivity contribution in [1.29, 1.82) is 0 Å². The molecule has 0 saturated carbocycles. The molecule has 1 amide bonds. The van der Waals surface area contributed by atoms with E-state index in [1.807, 2.05) is 0 Å². The highest BCUT2D eigenvalue weighted by Crippen LogP contribution is 2.25. The molecule has 3 N–H and O–H groups in total. The number of carbonyl (C=O) groups is 1. The normalized spacial score (nSPS) is 10.2. The molecule has 4 nitrogen and oxygen atoms in total. The van der Waals surface area contributed by atoms with Gasteiger partial charge in [-0.25, -0.2) is 4.39 Å². The van der Waals surface area contributed by atoms with Crippen LogP contribution in [-0.4, -0.2) is 13.0 Å². The molecule has 0 saturated heterocycles. The number of rotatable bonds is 3. The van der Waals surface area contributed by atoms with Gasteiger partial charge >= 0.3 is 0 Å². The smallest absolute Gasteiger partial charge is 0.258 e. The number of hydrogen-bond donors (Lipinski definition) is 2. The van der Waals surface area contributed by atoms with Gasteiger partial charge in [-0.2, -0.15) is 0 Å². The van der Waals surface area contributed by atoms with E-state index in [1.54, 1.807) is 37.3 Å². The first-order chi connectivity index (χ1) is 9.52. The lowest BCUT2D eigenvalue weighted by atomic mass is 10.1. The lowest BCUT2D eigenvalue weighted by Crippen LogP contribution is -2.15. The maximum atomic E-state index is 13.9. The van der Waals surface area contributed by atoms with E-state index in [0.29, 0.717) is 22.7 Å². The Morgan fingerprint density at radius 1 is 1.30 bits per heavy atom. The lowest BCUT2D eigenvalue weighted by Gasteiger charge is -2.11. The Labute approximate surface area is 116 Å². The van der Waals surface area contributed by atoms with Crippen LogP contribution >= 0.6 is 0 Å². The van der Waals surface area contributed by atoms with Gasteiger partial charge in [0.15, 0.2) is 0 Å². The van der Waals surface area contributed by atoms with Gasteiger partial charge in [0.1, 0.15) is 11.6 Å². The average Bonchev–Trinajstić information content (AvgIpc) is 2.44. The van der Waals surface area contributed by atoms with Crippen LogP contribution in [0.1, 0.15) is 15.9 Å². The summed E-state index contributed by atoms with van der Waals surface area (Å²) >= 11 is 0. The Bertz CT molecular complexity index is 656. The largest absolute Gasteiger partial charge is 0.497 e.